The minimum absolute atomic E-state index is 0.00935. The minimum atomic E-state index is -0.384. The number of Topliss-reactive ketones (excluding diaryl/α,β-unsaturated/α-hetero) is 1. The van der Waals surface area contributed by atoms with E-state index in [4.69, 9.17) is 0 Å². The van der Waals surface area contributed by atoms with Crippen LogP contribution in [0.15, 0.2) is 12.2 Å². The molecule has 0 aromatic rings. The van der Waals surface area contributed by atoms with Gasteiger partial charge in [-0.2, -0.15) is 0 Å². The number of hydrogen-bond donors (Lipinski definition) is 1. The molecule has 0 saturated heterocycles. The van der Waals surface area contributed by atoms with Crippen LogP contribution in [-0.4, -0.2) is 17.0 Å². The molecule has 0 aromatic carbocycles. The van der Waals surface area contributed by atoms with Crippen molar-refractivity contribution in [3.05, 3.63) is 12.2 Å². The monoisotopic (exact) mass is 236 g/mol. The van der Waals surface area contributed by atoms with Gasteiger partial charge in [0.2, 0.25) is 0 Å². The van der Waals surface area contributed by atoms with Gasteiger partial charge in [0, 0.05) is 17.8 Å². The average molecular weight is 236 g/mol. The van der Waals surface area contributed by atoms with Gasteiger partial charge in [-0.05, 0) is 31.1 Å². The Morgan fingerprint density at radius 2 is 2.06 bits per heavy atom. The van der Waals surface area contributed by atoms with Crippen molar-refractivity contribution in [2.24, 2.45) is 23.2 Å². The quantitative estimate of drug-likeness (QED) is 0.711. The normalized spacial score (nSPS) is 42.8. The third-order valence-electron chi connectivity index (χ3n) is 5.07. The molecule has 2 rings (SSSR count). The van der Waals surface area contributed by atoms with Gasteiger partial charge < -0.3 is 5.11 Å². The largest absolute Gasteiger partial charge is 0.392 e. The van der Waals surface area contributed by atoms with Gasteiger partial charge in [0.15, 0.2) is 0 Å². The second kappa shape index (κ2) is 4.24. The molecule has 96 valence electrons. The third-order valence-corrected chi connectivity index (χ3v) is 5.07. The number of fused-ring (bicyclic) bond motifs is 1. The lowest BCUT2D eigenvalue weighted by Crippen LogP contribution is -2.53. The van der Waals surface area contributed by atoms with Crippen molar-refractivity contribution in [3.63, 3.8) is 0 Å². The molecule has 2 heteroatoms. The molecule has 17 heavy (non-hydrogen) atoms. The Morgan fingerprint density at radius 1 is 1.41 bits per heavy atom. The first-order chi connectivity index (χ1) is 7.88. The van der Waals surface area contributed by atoms with E-state index in [0.717, 1.165) is 24.8 Å². The van der Waals surface area contributed by atoms with Crippen molar-refractivity contribution >= 4 is 5.78 Å². The maximum atomic E-state index is 12.2. The fourth-order valence-electron chi connectivity index (χ4n) is 3.86. The molecule has 0 heterocycles. The van der Waals surface area contributed by atoms with Crippen molar-refractivity contribution in [1.29, 1.82) is 0 Å². The Hall–Kier alpha value is -0.630. The summed E-state index contributed by atoms with van der Waals surface area (Å²) in [7, 11) is 0. The molecular weight excluding hydrogens is 212 g/mol. The molecule has 0 radical (unpaired) electrons. The second-order valence-corrected chi connectivity index (χ2v) is 6.41. The van der Waals surface area contributed by atoms with Crippen molar-refractivity contribution in [1.82, 2.24) is 0 Å². The summed E-state index contributed by atoms with van der Waals surface area (Å²) in [6.07, 6.45) is 2.87. The first kappa shape index (κ1) is 12.8. The third kappa shape index (κ3) is 1.87. The van der Waals surface area contributed by atoms with Crippen LogP contribution in [0.5, 0.6) is 0 Å². The second-order valence-electron chi connectivity index (χ2n) is 6.41. The maximum absolute atomic E-state index is 12.2. The topological polar surface area (TPSA) is 37.3 Å². The number of hydrogen-bond acceptors (Lipinski definition) is 2. The highest BCUT2D eigenvalue weighted by atomic mass is 16.3. The molecule has 0 aliphatic heterocycles. The molecule has 2 fully saturated rings. The highest BCUT2D eigenvalue weighted by Crippen LogP contribution is 2.52. The molecular formula is C15H24O2. The van der Waals surface area contributed by atoms with E-state index in [1.807, 2.05) is 6.92 Å². The van der Waals surface area contributed by atoms with E-state index >= 15 is 0 Å². The van der Waals surface area contributed by atoms with Crippen molar-refractivity contribution < 1.29 is 9.90 Å². The summed E-state index contributed by atoms with van der Waals surface area (Å²) < 4.78 is 0. The summed E-state index contributed by atoms with van der Waals surface area (Å²) in [6.45, 7) is 10.5. The zero-order chi connectivity index (χ0) is 12.8. The fraction of sp³-hybridized carbons (Fsp3) is 0.800. The molecule has 2 aliphatic carbocycles. The Balaban J connectivity index is 2.32. The fourth-order valence-corrected chi connectivity index (χ4v) is 3.86. The number of carbonyl (C=O) groups excluding carboxylic acids is 1. The van der Waals surface area contributed by atoms with E-state index in [-0.39, 0.29) is 17.4 Å². The van der Waals surface area contributed by atoms with Crippen molar-refractivity contribution in [3.8, 4) is 0 Å². The SMILES string of the molecule is C=C1CCC(=O)C2(C)CCC(C(C)C)C(O)C12. The van der Waals surface area contributed by atoms with Gasteiger partial charge in [0.1, 0.15) is 5.78 Å². The average Bonchev–Trinajstić information content (AvgIpc) is 2.23. The van der Waals surface area contributed by atoms with Crippen LogP contribution in [0.2, 0.25) is 0 Å². The highest BCUT2D eigenvalue weighted by molar-refractivity contribution is 5.87. The van der Waals surface area contributed by atoms with E-state index < -0.39 is 0 Å². The Morgan fingerprint density at radius 3 is 2.65 bits per heavy atom. The number of aliphatic hydroxyl groups is 1. The molecule has 4 atom stereocenters. The van der Waals surface area contributed by atoms with Crippen molar-refractivity contribution in [2.75, 3.05) is 0 Å². The van der Waals surface area contributed by atoms with Crippen LogP contribution in [0, 0.1) is 23.2 Å². The van der Waals surface area contributed by atoms with Crippen LogP contribution in [0.4, 0.5) is 0 Å². The van der Waals surface area contributed by atoms with E-state index in [0.29, 0.717) is 24.0 Å². The number of ketones is 1. The molecule has 2 nitrogen and oxygen atoms in total. The first-order valence-electron chi connectivity index (χ1n) is 6.77. The lowest BCUT2D eigenvalue weighted by Gasteiger charge is -2.51. The van der Waals surface area contributed by atoms with E-state index in [9.17, 15) is 9.90 Å². The van der Waals surface area contributed by atoms with E-state index in [1.165, 1.54) is 0 Å². The smallest absolute Gasteiger partial charge is 0.139 e. The minimum Gasteiger partial charge on any atom is -0.392 e. The van der Waals surface area contributed by atoms with Gasteiger partial charge >= 0.3 is 0 Å². The van der Waals surface area contributed by atoms with Gasteiger partial charge in [-0.3, -0.25) is 4.79 Å². The summed E-state index contributed by atoms with van der Waals surface area (Å²) in [5, 5.41) is 10.6. The van der Waals surface area contributed by atoms with Gasteiger partial charge in [-0.25, -0.2) is 0 Å². The Bertz CT molecular complexity index is 345. The summed E-state index contributed by atoms with van der Waals surface area (Å²) >= 11 is 0. The summed E-state index contributed by atoms with van der Waals surface area (Å²) in [5.41, 5.74) is 0.741. The van der Waals surface area contributed by atoms with Gasteiger partial charge in [0.05, 0.1) is 6.10 Å². The van der Waals surface area contributed by atoms with Crippen LogP contribution in [-0.2, 0) is 4.79 Å². The molecule has 1 N–H and O–H groups in total. The van der Waals surface area contributed by atoms with E-state index in [2.05, 4.69) is 20.4 Å². The van der Waals surface area contributed by atoms with Crippen LogP contribution in [0.25, 0.3) is 0 Å². The van der Waals surface area contributed by atoms with Crippen molar-refractivity contribution in [2.45, 2.75) is 52.6 Å². The van der Waals surface area contributed by atoms with Gasteiger partial charge in [-0.15, -0.1) is 0 Å². The first-order valence-corrected chi connectivity index (χ1v) is 6.77. The molecule has 0 bridgehead atoms. The number of aliphatic hydroxyl groups excluding tert-OH is 1. The lowest BCUT2D eigenvalue weighted by molar-refractivity contribution is -0.143. The predicted octanol–water partition coefficient (Wildman–Crippen LogP) is 2.95. The van der Waals surface area contributed by atoms with Crippen LogP contribution < -0.4 is 0 Å². The van der Waals surface area contributed by atoms with Gasteiger partial charge in [0.25, 0.3) is 0 Å². The molecule has 0 amide bonds. The lowest BCUT2D eigenvalue weighted by atomic mass is 9.54. The zero-order valence-corrected chi connectivity index (χ0v) is 11.2. The predicted molar refractivity (Wildman–Crippen MR) is 68.5 cm³/mol. The van der Waals surface area contributed by atoms with Crippen LogP contribution in [0.3, 0.4) is 0 Å². The zero-order valence-electron chi connectivity index (χ0n) is 11.2. The number of rotatable bonds is 1. The molecule has 4 unspecified atom stereocenters. The Kier molecular flexibility index (Phi) is 3.19. The maximum Gasteiger partial charge on any atom is 0.139 e. The van der Waals surface area contributed by atoms with E-state index in [1.54, 1.807) is 0 Å². The molecule has 2 saturated carbocycles. The van der Waals surface area contributed by atoms with Gasteiger partial charge in [-0.1, -0.05) is 32.9 Å². The highest BCUT2D eigenvalue weighted by Gasteiger charge is 2.53. The summed E-state index contributed by atoms with van der Waals surface area (Å²) in [5.74, 6) is 1.11. The van der Waals surface area contributed by atoms with Crippen LogP contribution in [0.1, 0.15) is 46.5 Å². The molecule has 0 aromatic heterocycles. The standard InChI is InChI=1S/C15H24O2/c1-9(2)11-7-8-15(4)12(16)6-5-10(3)13(15)14(11)17/h9,11,13-14,17H,3,5-8H2,1-2,4H3. The summed E-state index contributed by atoms with van der Waals surface area (Å²) in [6, 6.07) is 0. The molecule has 2 aliphatic rings. The summed E-state index contributed by atoms with van der Waals surface area (Å²) in [4.78, 5) is 12.2. The molecule has 0 spiro atoms. The van der Waals surface area contributed by atoms with Crippen LogP contribution >= 0.6 is 0 Å². The Labute approximate surface area is 104 Å². The number of carbonyl (C=O) groups is 1.